The lowest BCUT2D eigenvalue weighted by Gasteiger charge is -2.22. The normalized spacial score (nSPS) is 18.6. The van der Waals surface area contributed by atoms with Gasteiger partial charge in [-0.25, -0.2) is 14.8 Å². The molecule has 0 radical (unpaired) electrons. The van der Waals surface area contributed by atoms with Crippen LogP contribution in [0.3, 0.4) is 0 Å². The van der Waals surface area contributed by atoms with Crippen LogP contribution in [0.1, 0.15) is 54.7 Å². The summed E-state index contributed by atoms with van der Waals surface area (Å²) in [6.45, 7) is 3.68. The molecule has 1 aliphatic carbocycles. The van der Waals surface area contributed by atoms with E-state index in [1.54, 1.807) is 0 Å². The quantitative estimate of drug-likeness (QED) is 0.577. The van der Waals surface area contributed by atoms with Gasteiger partial charge in [-0.3, -0.25) is 4.79 Å². The van der Waals surface area contributed by atoms with E-state index in [9.17, 15) is 22.8 Å². The van der Waals surface area contributed by atoms with Crippen molar-refractivity contribution in [2.45, 2.75) is 51.7 Å². The van der Waals surface area contributed by atoms with E-state index >= 15 is 0 Å². The van der Waals surface area contributed by atoms with Crippen LogP contribution in [-0.4, -0.2) is 33.0 Å². The third-order valence-electron chi connectivity index (χ3n) is 5.44. The van der Waals surface area contributed by atoms with E-state index in [1.807, 2.05) is 13.8 Å². The van der Waals surface area contributed by atoms with E-state index in [1.165, 1.54) is 24.3 Å². The molecule has 2 atom stereocenters. The summed E-state index contributed by atoms with van der Waals surface area (Å²) < 4.78 is 40.8. The number of alkyl halides is 3. The molecule has 1 aromatic carbocycles. The molecule has 3 N–H and O–H groups in total. The van der Waals surface area contributed by atoms with Crippen molar-refractivity contribution in [2.24, 2.45) is 11.8 Å². The average molecular weight is 450 g/mol. The van der Waals surface area contributed by atoms with Crippen molar-refractivity contribution >= 4 is 23.5 Å². The number of anilines is 2. The number of amides is 1. The Labute approximate surface area is 183 Å². The first kappa shape index (κ1) is 23.5. The summed E-state index contributed by atoms with van der Waals surface area (Å²) in [7, 11) is 0. The van der Waals surface area contributed by atoms with E-state index in [2.05, 4.69) is 20.6 Å². The molecule has 0 saturated heterocycles. The highest BCUT2D eigenvalue weighted by Crippen LogP contribution is 2.38. The van der Waals surface area contributed by atoms with Crippen LogP contribution in [0, 0.1) is 11.8 Å². The maximum absolute atomic E-state index is 13.6. The van der Waals surface area contributed by atoms with Gasteiger partial charge in [0.1, 0.15) is 0 Å². The number of hydrogen-bond acceptors (Lipinski definition) is 5. The number of nitrogens with one attached hydrogen (secondary N) is 2. The molecule has 3 rings (SSSR count). The highest BCUT2D eigenvalue weighted by molar-refractivity contribution is 5.88. The van der Waals surface area contributed by atoms with Crippen LogP contribution in [0.15, 0.2) is 30.5 Å². The molecule has 1 aromatic heterocycles. The number of carboxylic acid groups (broad SMARTS) is 1. The Balaban J connectivity index is 1.84. The van der Waals surface area contributed by atoms with E-state index in [0.29, 0.717) is 18.5 Å². The van der Waals surface area contributed by atoms with Gasteiger partial charge >= 0.3 is 12.1 Å². The number of hydrogen-bond donors (Lipinski definition) is 3. The number of aromatic carboxylic acids is 1. The maximum Gasteiger partial charge on any atom is 0.419 e. The third kappa shape index (κ3) is 5.74. The van der Waals surface area contributed by atoms with E-state index in [0.717, 1.165) is 12.6 Å². The molecule has 2 aromatic rings. The van der Waals surface area contributed by atoms with Gasteiger partial charge < -0.3 is 15.7 Å². The fourth-order valence-electron chi connectivity index (χ4n) is 3.96. The van der Waals surface area contributed by atoms with Crippen molar-refractivity contribution < 1.29 is 27.9 Å². The highest BCUT2D eigenvalue weighted by Gasteiger charge is 2.39. The van der Waals surface area contributed by atoms with Crippen LogP contribution in [0.25, 0.3) is 0 Å². The van der Waals surface area contributed by atoms with E-state index in [-0.39, 0.29) is 47.4 Å². The van der Waals surface area contributed by atoms with Gasteiger partial charge in [0, 0.05) is 23.8 Å². The summed E-state index contributed by atoms with van der Waals surface area (Å²) >= 11 is 0. The van der Waals surface area contributed by atoms with Gasteiger partial charge in [0.2, 0.25) is 11.9 Å². The van der Waals surface area contributed by atoms with Gasteiger partial charge in [0.25, 0.3) is 0 Å². The molecular formula is C22H25F3N4O3. The maximum atomic E-state index is 13.6. The number of carbonyl (C=O) groups is 2. The molecule has 1 fully saturated rings. The summed E-state index contributed by atoms with van der Waals surface area (Å²) in [5, 5.41) is 14.6. The van der Waals surface area contributed by atoms with Crippen molar-refractivity contribution in [2.75, 3.05) is 5.32 Å². The molecule has 0 spiro atoms. The largest absolute Gasteiger partial charge is 0.478 e. The van der Waals surface area contributed by atoms with Gasteiger partial charge in [-0.15, -0.1) is 0 Å². The second-order valence-corrected chi connectivity index (χ2v) is 8.22. The van der Waals surface area contributed by atoms with Gasteiger partial charge in [0.05, 0.1) is 16.8 Å². The zero-order valence-electron chi connectivity index (χ0n) is 17.7. The SMILES string of the molecule is CC(C)NC(=O)[C@H]1CCC[C@H]1Cc1nc(Nc2ccc(C(=O)O)cc2)ncc1C(F)(F)F. The number of rotatable bonds is 7. The van der Waals surface area contributed by atoms with Gasteiger partial charge in [-0.05, 0) is 63.3 Å². The van der Waals surface area contributed by atoms with Gasteiger partial charge in [-0.2, -0.15) is 13.2 Å². The summed E-state index contributed by atoms with van der Waals surface area (Å²) in [5.74, 6) is -1.85. The Morgan fingerprint density at radius 2 is 1.88 bits per heavy atom. The number of carboxylic acids is 1. The average Bonchev–Trinajstić information content (AvgIpc) is 3.15. The minimum absolute atomic E-state index is 0.0141. The Kier molecular flexibility index (Phi) is 7.00. The van der Waals surface area contributed by atoms with Crippen LogP contribution in [0.4, 0.5) is 24.8 Å². The first-order chi connectivity index (χ1) is 15.0. The standard InChI is InChI=1S/C22H25F3N4O3/c1-12(2)27-19(30)16-5-3-4-14(16)10-18-17(22(23,24)25)11-26-21(29-18)28-15-8-6-13(7-9-15)20(31)32/h6-9,11-12,14,16H,3-5,10H2,1-2H3,(H,27,30)(H,31,32)(H,26,28,29)/t14-,16-/m0/s1. The summed E-state index contributed by atoms with van der Waals surface area (Å²) in [6.07, 6.45) is -1.80. The zero-order chi connectivity index (χ0) is 23.5. The lowest BCUT2D eigenvalue weighted by atomic mass is 9.89. The predicted octanol–water partition coefficient (Wildman–Crippen LogP) is 4.42. The number of aromatic nitrogens is 2. The minimum atomic E-state index is -4.62. The fraction of sp³-hybridized carbons (Fsp3) is 0.455. The molecule has 1 aliphatic rings. The Morgan fingerprint density at radius 3 is 2.47 bits per heavy atom. The summed E-state index contributed by atoms with van der Waals surface area (Å²) in [6, 6.07) is 5.65. The van der Waals surface area contributed by atoms with Crippen molar-refractivity contribution in [3.8, 4) is 0 Å². The molecule has 32 heavy (non-hydrogen) atoms. The molecule has 1 heterocycles. The molecule has 1 saturated carbocycles. The van der Waals surface area contributed by atoms with Gasteiger partial charge in [-0.1, -0.05) is 6.42 Å². The number of nitrogens with zero attached hydrogens (tertiary/aromatic N) is 2. The second kappa shape index (κ2) is 9.54. The molecule has 1 amide bonds. The van der Waals surface area contributed by atoms with Crippen molar-refractivity contribution in [3.05, 3.63) is 47.3 Å². The first-order valence-electron chi connectivity index (χ1n) is 10.4. The smallest absolute Gasteiger partial charge is 0.419 e. The minimum Gasteiger partial charge on any atom is -0.478 e. The molecule has 0 aliphatic heterocycles. The first-order valence-corrected chi connectivity index (χ1v) is 10.4. The van der Waals surface area contributed by atoms with Crippen molar-refractivity contribution in [3.63, 3.8) is 0 Å². The molecule has 172 valence electrons. The van der Waals surface area contributed by atoms with Crippen LogP contribution in [-0.2, 0) is 17.4 Å². The molecule has 7 nitrogen and oxygen atoms in total. The highest BCUT2D eigenvalue weighted by atomic mass is 19.4. The third-order valence-corrected chi connectivity index (χ3v) is 5.44. The Bertz CT molecular complexity index is 977. The van der Waals surface area contributed by atoms with Crippen LogP contribution in [0.5, 0.6) is 0 Å². The van der Waals surface area contributed by atoms with Crippen LogP contribution >= 0.6 is 0 Å². The van der Waals surface area contributed by atoms with Crippen LogP contribution in [0.2, 0.25) is 0 Å². The molecule has 0 unspecified atom stereocenters. The second-order valence-electron chi connectivity index (χ2n) is 8.22. The Hall–Kier alpha value is -3.17. The topological polar surface area (TPSA) is 104 Å². The molecule has 10 heteroatoms. The lowest BCUT2D eigenvalue weighted by molar-refractivity contribution is -0.138. The van der Waals surface area contributed by atoms with Crippen molar-refractivity contribution in [1.82, 2.24) is 15.3 Å². The van der Waals surface area contributed by atoms with E-state index < -0.39 is 17.7 Å². The number of benzene rings is 1. The zero-order valence-corrected chi connectivity index (χ0v) is 17.7. The lowest BCUT2D eigenvalue weighted by Crippen LogP contribution is -2.37. The number of halogens is 3. The Morgan fingerprint density at radius 1 is 1.19 bits per heavy atom. The summed E-state index contributed by atoms with van der Waals surface area (Å²) in [4.78, 5) is 31.4. The monoisotopic (exact) mass is 450 g/mol. The van der Waals surface area contributed by atoms with E-state index in [4.69, 9.17) is 5.11 Å². The summed E-state index contributed by atoms with van der Waals surface area (Å²) in [5.41, 5.74) is -0.558. The van der Waals surface area contributed by atoms with Crippen LogP contribution < -0.4 is 10.6 Å². The molecule has 0 bridgehead atoms. The predicted molar refractivity (Wildman–Crippen MR) is 112 cm³/mol. The fourth-order valence-corrected chi connectivity index (χ4v) is 3.96. The van der Waals surface area contributed by atoms with Gasteiger partial charge in [0.15, 0.2) is 0 Å². The van der Waals surface area contributed by atoms with Crippen molar-refractivity contribution in [1.29, 1.82) is 0 Å². The number of carbonyl (C=O) groups excluding carboxylic acids is 1. The molecular weight excluding hydrogens is 425 g/mol.